The molecule has 5 N–H and O–H groups in total. The Morgan fingerprint density at radius 3 is 1.94 bits per heavy atom. The van der Waals surface area contributed by atoms with E-state index in [0.717, 1.165) is 43.0 Å². The minimum Gasteiger partial charge on any atom is -0.391 e. The van der Waals surface area contributed by atoms with Gasteiger partial charge in [0.15, 0.2) is 5.13 Å². The van der Waals surface area contributed by atoms with Gasteiger partial charge in [0.2, 0.25) is 29.5 Å². The van der Waals surface area contributed by atoms with Crippen molar-refractivity contribution in [2.75, 3.05) is 77.0 Å². The molecule has 444 valence electrons. The zero-order valence-corrected chi connectivity index (χ0v) is 52.1. The van der Waals surface area contributed by atoms with Gasteiger partial charge in [-0.25, -0.2) is 15.0 Å². The van der Waals surface area contributed by atoms with Crippen molar-refractivity contribution in [3.8, 4) is 0 Å². The number of aromatic nitrogens is 3. The third-order valence-corrected chi connectivity index (χ3v) is 16.5. The van der Waals surface area contributed by atoms with E-state index in [1.807, 2.05) is 87.4 Å². The summed E-state index contributed by atoms with van der Waals surface area (Å²) < 4.78 is 0. The van der Waals surface area contributed by atoms with E-state index in [9.17, 15) is 33.9 Å². The molecule has 3 aromatic rings. The number of halogens is 1. The molecule has 0 unspecified atom stereocenters. The first kappa shape index (κ1) is 66.6. The van der Waals surface area contributed by atoms with E-state index in [4.69, 9.17) is 16.6 Å². The number of allylic oxidation sites excluding steroid dienone is 1. The Balaban J connectivity index is 1.32. The van der Waals surface area contributed by atoms with Crippen molar-refractivity contribution in [3.05, 3.63) is 64.0 Å². The molecule has 20 nitrogen and oxygen atoms in total. The van der Waals surface area contributed by atoms with Crippen LogP contribution in [-0.2, 0) is 24.0 Å². The van der Waals surface area contributed by atoms with Gasteiger partial charge in [0.1, 0.15) is 46.5 Å². The highest BCUT2D eigenvalue weighted by atomic mass is 35.5. The van der Waals surface area contributed by atoms with Gasteiger partial charge in [-0.1, -0.05) is 90.1 Å². The van der Waals surface area contributed by atoms with E-state index in [1.165, 1.54) is 37.1 Å². The highest BCUT2D eigenvalue weighted by Gasteiger charge is 2.42. The number of anilines is 4. The molecule has 8 atom stereocenters. The van der Waals surface area contributed by atoms with Gasteiger partial charge in [0.05, 0.1) is 35.1 Å². The lowest BCUT2D eigenvalue weighted by molar-refractivity contribution is -0.155. The smallest absolute Gasteiger partial charge is 0.267 e. The van der Waals surface area contributed by atoms with Crippen LogP contribution >= 0.6 is 22.9 Å². The van der Waals surface area contributed by atoms with Gasteiger partial charge in [0, 0.05) is 66.1 Å². The number of rotatable bonds is 28. The molecule has 0 saturated carbocycles. The molecule has 1 aliphatic rings. The summed E-state index contributed by atoms with van der Waals surface area (Å²) in [5.74, 6) is -0.760. The number of carbonyl (C=O) groups excluding carboxylic acids is 6. The summed E-state index contributed by atoms with van der Waals surface area (Å²) in [6.07, 6.45) is 3.51. The van der Waals surface area contributed by atoms with E-state index in [2.05, 4.69) is 47.6 Å². The summed E-state index contributed by atoms with van der Waals surface area (Å²) in [6, 6.07) is 2.55. The van der Waals surface area contributed by atoms with Crippen molar-refractivity contribution in [2.24, 2.45) is 23.7 Å². The van der Waals surface area contributed by atoms with Crippen LogP contribution in [0.4, 0.5) is 22.5 Å². The SMILES string of the molecule is C=C(CCC[C@@H](C)[C@@H](O)[C@@H](C)N(C)C(=O)[C@H](C(C)C)N(C)C(=O)[C@H](CC(C)C)N(C)C(=O)[C@H](CC(C)C)N(C)C(=O)[C@@H](C)NC(=O)[C@H](C)NC)N1CCN(c2cc(Nc3ncc(C(=O)Nc4c(C)cccc4Cl)s3)nc(C)n2)CC1. The number of hydrogen-bond acceptors (Lipinski definition) is 15. The normalized spacial score (nSPS) is 15.8. The number of thiazole rings is 1. The van der Waals surface area contributed by atoms with Gasteiger partial charge in [-0.05, 0) is 109 Å². The minimum atomic E-state index is -0.945. The van der Waals surface area contributed by atoms with Crippen LogP contribution in [-0.4, -0.2) is 184 Å². The van der Waals surface area contributed by atoms with Gasteiger partial charge >= 0.3 is 0 Å². The maximum Gasteiger partial charge on any atom is 0.267 e. The van der Waals surface area contributed by atoms with Crippen LogP contribution in [0.1, 0.15) is 122 Å². The van der Waals surface area contributed by atoms with E-state index >= 15 is 0 Å². The molecule has 22 heteroatoms. The zero-order chi connectivity index (χ0) is 60.0. The summed E-state index contributed by atoms with van der Waals surface area (Å²) in [4.78, 5) is 108. The first-order valence-electron chi connectivity index (χ1n) is 28.0. The second-order valence-electron chi connectivity index (χ2n) is 22.9. The van der Waals surface area contributed by atoms with Gasteiger partial charge in [-0.15, -0.1) is 0 Å². The van der Waals surface area contributed by atoms with Crippen LogP contribution in [0, 0.1) is 37.5 Å². The first-order chi connectivity index (χ1) is 37.5. The molecule has 0 aliphatic carbocycles. The number of hydrogen-bond donors (Lipinski definition) is 5. The molecule has 0 bridgehead atoms. The Hall–Kier alpha value is -5.90. The van der Waals surface area contributed by atoms with Gasteiger partial charge < -0.3 is 55.8 Å². The second-order valence-corrected chi connectivity index (χ2v) is 24.3. The Kier molecular flexibility index (Phi) is 25.2. The summed E-state index contributed by atoms with van der Waals surface area (Å²) in [5, 5.41) is 24.4. The number of amides is 6. The predicted molar refractivity (Wildman–Crippen MR) is 320 cm³/mol. The van der Waals surface area contributed by atoms with Crippen LogP contribution in [0.25, 0.3) is 0 Å². The molecule has 1 aromatic carbocycles. The van der Waals surface area contributed by atoms with E-state index in [-0.39, 0.29) is 41.4 Å². The molecular weight excluding hydrogens is 1060 g/mol. The first-order valence-corrected chi connectivity index (χ1v) is 29.2. The molecule has 3 heterocycles. The maximum absolute atomic E-state index is 14.7. The van der Waals surface area contributed by atoms with Crippen LogP contribution in [0.15, 0.2) is 42.7 Å². The van der Waals surface area contributed by atoms with Crippen LogP contribution in [0.3, 0.4) is 0 Å². The average molecular weight is 1150 g/mol. The molecule has 6 amide bonds. The van der Waals surface area contributed by atoms with Crippen molar-refractivity contribution in [3.63, 3.8) is 0 Å². The Morgan fingerprint density at radius 2 is 1.38 bits per heavy atom. The highest BCUT2D eigenvalue weighted by molar-refractivity contribution is 7.17. The number of piperazine rings is 1. The van der Waals surface area contributed by atoms with E-state index < -0.39 is 60.1 Å². The largest absolute Gasteiger partial charge is 0.391 e. The van der Waals surface area contributed by atoms with Crippen LogP contribution in [0.5, 0.6) is 0 Å². The number of nitrogens with zero attached hydrogens (tertiary/aromatic N) is 9. The monoisotopic (exact) mass is 1150 g/mol. The van der Waals surface area contributed by atoms with Gasteiger partial charge in [0.25, 0.3) is 5.91 Å². The molecule has 1 aliphatic heterocycles. The zero-order valence-electron chi connectivity index (χ0n) is 50.5. The standard InChI is InChI=1S/C58H92ClN13O7S/c1-33(2)29-44(68(16)54(76)40(11)62-52(74)39(10)60-14)55(77)69(17)45(30-34(3)4)56(78)70(18)50(35(5)6)57(79)67(15)41(12)51(73)37(8)22-19-23-38(9)71-25-27-72(28-26-71)48-31-47(63-42(13)64-48)65-58-61-32-46(80-58)53(75)66-49-36(7)21-20-24-43(49)59/h20-21,24,31-35,37,39-41,44-45,50-51,60,73H,9,19,22-23,25-30H2,1-8,10-18H3,(H,62,74)(H,66,75)(H,61,63,64,65)/t37-,39+,40-,41-,44+,45+,50+,51-/m1/s1. The fourth-order valence-electron chi connectivity index (χ4n) is 10.0. The van der Waals surface area contributed by atoms with Crippen molar-refractivity contribution in [2.45, 2.75) is 158 Å². The number of carbonyl (C=O) groups is 6. The number of aliphatic hydroxyl groups is 1. The third kappa shape index (κ3) is 17.8. The van der Waals surface area contributed by atoms with Crippen LogP contribution < -0.4 is 26.2 Å². The molecule has 1 saturated heterocycles. The highest BCUT2D eigenvalue weighted by Crippen LogP contribution is 2.30. The second kappa shape index (κ2) is 30.2. The molecule has 0 spiro atoms. The summed E-state index contributed by atoms with van der Waals surface area (Å²) >= 11 is 7.54. The number of aryl methyl sites for hydroxylation is 2. The Labute approximate surface area is 484 Å². The number of benzene rings is 1. The molecular formula is C58H92ClN13O7S. The Bertz CT molecular complexity index is 2590. The average Bonchev–Trinajstić information content (AvgIpc) is 3.93. The summed E-state index contributed by atoms with van der Waals surface area (Å²) in [6.45, 7) is 29.7. The number of likely N-dealkylation sites (N-methyl/N-ethyl adjacent to an activating group) is 5. The van der Waals surface area contributed by atoms with Crippen molar-refractivity contribution in [1.29, 1.82) is 0 Å². The van der Waals surface area contributed by atoms with Crippen molar-refractivity contribution in [1.82, 2.24) is 50.1 Å². The lowest BCUT2D eigenvalue weighted by Gasteiger charge is -2.41. The number of nitrogens with one attached hydrogen (secondary N) is 4. The molecule has 0 radical (unpaired) electrons. The Morgan fingerprint density at radius 1 is 0.787 bits per heavy atom. The number of aliphatic hydroxyl groups excluding tert-OH is 1. The fraction of sp³-hybridized carbons (Fsp3) is 0.638. The predicted octanol–water partition coefficient (Wildman–Crippen LogP) is 7.19. The van der Waals surface area contributed by atoms with Crippen molar-refractivity contribution >= 4 is 80.8 Å². The maximum atomic E-state index is 14.7. The fourth-order valence-corrected chi connectivity index (χ4v) is 11.0. The third-order valence-electron chi connectivity index (χ3n) is 15.3. The molecule has 80 heavy (non-hydrogen) atoms. The molecule has 4 rings (SSSR count). The minimum absolute atomic E-state index is 0.00505. The lowest BCUT2D eigenvalue weighted by atomic mass is 9.91. The quantitative estimate of drug-likeness (QED) is 0.0485. The van der Waals surface area contributed by atoms with Gasteiger partial charge in [-0.2, -0.15) is 0 Å². The van der Waals surface area contributed by atoms with Gasteiger partial charge in [-0.3, -0.25) is 28.8 Å². The van der Waals surface area contributed by atoms with Crippen LogP contribution in [0.2, 0.25) is 5.02 Å². The number of para-hydroxylation sites is 1. The van der Waals surface area contributed by atoms with E-state index in [0.29, 0.717) is 64.7 Å². The topological polar surface area (TPSA) is 229 Å². The van der Waals surface area contributed by atoms with Crippen molar-refractivity contribution < 1.29 is 33.9 Å². The molecule has 2 aromatic heterocycles. The summed E-state index contributed by atoms with van der Waals surface area (Å²) in [7, 11) is 8.03. The van der Waals surface area contributed by atoms with E-state index in [1.54, 1.807) is 55.2 Å². The molecule has 1 fully saturated rings. The lowest BCUT2D eigenvalue weighted by Crippen LogP contribution is -2.60. The summed E-state index contributed by atoms with van der Waals surface area (Å²) in [5.41, 5.74) is 2.44.